The Morgan fingerprint density at radius 2 is 1.85 bits per heavy atom. The summed E-state index contributed by atoms with van der Waals surface area (Å²) in [7, 11) is 0. The molecule has 20 heavy (non-hydrogen) atoms. The van der Waals surface area contributed by atoms with Crippen LogP contribution in [0.2, 0.25) is 0 Å². The second-order valence-electron chi connectivity index (χ2n) is 4.22. The lowest BCUT2D eigenvalue weighted by atomic mass is 10.2. The Morgan fingerprint density at radius 3 is 2.50 bits per heavy atom. The number of nitrogens with two attached hydrogens (primary N) is 1. The van der Waals surface area contributed by atoms with Crippen molar-refractivity contribution in [2.75, 3.05) is 12.3 Å². The Labute approximate surface area is 131 Å². The third kappa shape index (κ3) is 3.75. The van der Waals surface area contributed by atoms with Gasteiger partial charge in [-0.25, -0.2) is 4.39 Å². The molecule has 0 atom stereocenters. The largest absolute Gasteiger partial charge is 0.490 e. The molecule has 106 valence electrons. The van der Waals surface area contributed by atoms with Gasteiger partial charge in [0.2, 0.25) is 0 Å². The third-order valence-corrected chi connectivity index (χ3v) is 3.29. The fourth-order valence-electron chi connectivity index (χ4n) is 1.59. The van der Waals surface area contributed by atoms with Gasteiger partial charge in [0.1, 0.15) is 5.75 Å². The van der Waals surface area contributed by atoms with E-state index in [4.69, 9.17) is 15.2 Å². The van der Waals surface area contributed by atoms with Crippen LogP contribution in [0.4, 0.5) is 10.1 Å². The average Bonchev–Trinajstić information content (AvgIpc) is 2.43. The first kappa shape index (κ1) is 14.9. The number of benzene rings is 2. The van der Waals surface area contributed by atoms with Crippen LogP contribution >= 0.6 is 22.6 Å². The first-order chi connectivity index (χ1) is 9.60. The van der Waals surface area contributed by atoms with Crippen LogP contribution in [-0.2, 0) is 0 Å². The highest BCUT2D eigenvalue weighted by molar-refractivity contribution is 14.1. The number of nitrogen functional groups attached to an aromatic ring is 1. The lowest BCUT2D eigenvalue weighted by molar-refractivity contribution is 0.300. The van der Waals surface area contributed by atoms with E-state index in [1.54, 1.807) is 0 Å². The van der Waals surface area contributed by atoms with Gasteiger partial charge in [0.25, 0.3) is 0 Å². The molecule has 0 amide bonds. The molecule has 5 heteroatoms. The van der Waals surface area contributed by atoms with Crippen molar-refractivity contribution < 1.29 is 13.9 Å². The van der Waals surface area contributed by atoms with Crippen LogP contribution < -0.4 is 15.2 Å². The summed E-state index contributed by atoms with van der Waals surface area (Å²) < 4.78 is 25.8. The zero-order chi connectivity index (χ0) is 14.5. The number of hydrogen-bond acceptors (Lipinski definition) is 3. The lowest BCUT2D eigenvalue weighted by Crippen LogP contribution is -2.00. The molecule has 0 bridgehead atoms. The summed E-state index contributed by atoms with van der Waals surface area (Å²) in [4.78, 5) is 0. The molecule has 3 nitrogen and oxygen atoms in total. The fraction of sp³-hybridized carbons (Fsp3) is 0.200. The molecule has 0 fully saturated rings. The van der Waals surface area contributed by atoms with Crippen molar-refractivity contribution in [2.45, 2.75) is 13.3 Å². The summed E-state index contributed by atoms with van der Waals surface area (Å²) in [5.41, 5.74) is 6.02. The Bertz CT molecular complexity index is 587. The molecule has 0 unspecified atom stereocenters. The molecule has 2 aromatic carbocycles. The van der Waals surface area contributed by atoms with Gasteiger partial charge < -0.3 is 15.2 Å². The summed E-state index contributed by atoms with van der Waals surface area (Å²) in [5, 5.41) is 0. The highest BCUT2D eigenvalue weighted by Crippen LogP contribution is 2.33. The highest BCUT2D eigenvalue weighted by Gasteiger charge is 2.11. The average molecular weight is 387 g/mol. The predicted octanol–water partition coefficient (Wildman–Crippen LogP) is 4.59. The Balaban J connectivity index is 2.24. The molecule has 0 radical (unpaired) electrons. The molecule has 0 saturated carbocycles. The third-order valence-electron chi connectivity index (χ3n) is 2.57. The van der Waals surface area contributed by atoms with Crippen molar-refractivity contribution in [3.05, 3.63) is 45.8 Å². The molecule has 2 aromatic rings. The fourth-order valence-corrected chi connectivity index (χ4v) is 1.95. The number of rotatable bonds is 5. The van der Waals surface area contributed by atoms with E-state index in [0.717, 1.165) is 9.99 Å². The molecular weight excluding hydrogens is 372 g/mol. The second-order valence-corrected chi connectivity index (χ2v) is 5.47. The zero-order valence-corrected chi connectivity index (χ0v) is 13.2. The van der Waals surface area contributed by atoms with Crippen LogP contribution in [0, 0.1) is 9.39 Å². The molecule has 0 spiro atoms. The first-order valence-corrected chi connectivity index (χ1v) is 7.33. The lowest BCUT2D eigenvalue weighted by Gasteiger charge is -2.12. The standard InChI is InChI=1S/C15H15FINO2/c1-2-7-19-14-9-15(13(18)8-12(14)16)20-11-5-3-10(17)4-6-11/h3-6,8-9H,2,7,18H2,1H3. The van der Waals surface area contributed by atoms with E-state index in [1.165, 1.54) is 12.1 Å². The van der Waals surface area contributed by atoms with Gasteiger partial charge >= 0.3 is 0 Å². The van der Waals surface area contributed by atoms with E-state index in [1.807, 2.05) is 31.2 Å². The minimum atomic E-state index is -0.481. The smallest absolute Gasteiger partial charge is 0.167 e. The SMILES string of the molecule is CCCOc1cc(Oc2ccc(I)cc2)c(N)cc1F. The van der Waals surface area contributed by atoms with E-state index < -0.39 is 5.82 Å². The van der Waals surface area contributed by atoms with Crippen LogP contribution in [0.25, 0.3) is 0 Å². The maximum Gasteiger partial charge on any atom is 0.167 e. The molecule has 0 heterocycles. The topological polar surface area (TPSA) is 44.5 Å². The van der Waals surface area contributed by atoms with E-state index in [2.05, 4.69) is 22.6 Å². The molecule has 2 rings (SSSR count). The van der Waals surface area contributed by atoms with Crippen molar-refractivity contribution >= 4 is 28.3 Å². The van der Waals surface area contributed by atoms with Gasteiger partial charge in [-0.05, 0) is 53.3 Å². The Kier molecular flexibility index (Phi) is 5.05. The van der Waals surface area contributed by atoms with Crippen molar-refractivity contribution in [1.29, 1.82) is 0 Å². The molecule has 0 aromatic heterocycles. The minimum absolute atomic E-state index is 0.154. The number of anilines is 1. The van der Waals surface area contributed by atoms with Crippen LogP contribution in [0.15, 0.2) is 36.4 Å². The zero-order valence-electron chi connectivity index (χ0n) is 11.0. The van der Waals surface area contributed by atoms with Gasteiger partial charge in [0.15, 0.2) is 17.3 Å². The van der Waals surface area contributed by atoms with E-state index in [-0.39, 0.29) is 11.4 Å². The van der Waals surface area contributed by atoms with Crippen molar-refractivity contribution in [3.8, 4) is 17.2 Å². The second kappa shape index (κ2) is 6.78. The van der Waals surface area contributed by atoms with Crippen LogP contribution in [0.3, 0.4) is 0 Å². The van der Waals surface area contributed by atoms with Gasteiger partial charge in [0.05, 0.1) is 12.3 Å². The normalized spacial score (nSPS) is 10.3. The predicted molar refractivity (Wildman–Crippen MR) is 85.8 cm³/mol. The highest BCUT2D eigenvalue weighted by atomic mass is 127. The van der Waals surface area contributed by atoms with Crippen LogP contribution in [-0.4, -0.2) is 6.61 Å². The monoisotopic (exact) mass is 387 g/mol. The number of ether oxygens (including phenoxy) is 2. The molecule has 0 aliphatic rings. The summed E-state index contributed by atoms with van der Waals surface area (Å²) >= 11 is 2.21. The van der Waals surface area contributed by atoms with E-state index in [0.29, 0.717) is 18.1 Å². The maximum atomic E-state index is 13.7. The van der Waals surface area contributed by atoms with E-state index >= 15 is 0 Å². The summed E-state index contributed by atoms with van der Waals surface area (Å²) in [6.07, 6.45) is 0.803. The first-order valence-electron chi connectivity index (χ1n) is 6.25. The van der Waals surface area contributed by atoms with Gasteiger partial charge in [-0.1, -0.05) is 6.92 Å². The molecular formula is C15H15FINO2. The Hall–Kier alpha value is -1.50. The van der Waals surface area contributed by atoms with Gasteiger partial charge in [-0.2, -0.15) is 0 Å². The molecule has 0 aliphatic heterocycles. The quantitative estimate of drug-likeness (QED) is 0.603. The molecule has 2 N–H and O–H groups in total. The minimum Gasteiger partial charge on any atom is -0.490 e. The number of hydrogen-bond donors (Lipinski definition) is 1. The van der Waals surface area contributed by atoms with Gasteiger partial charge in [-0.3, -0.25) is 0 Å². The van der Waals surface area contributed by atoms with Crippen LogP contribution in [0.5, 0.6) is 17.2 Å². The van der Waals surface area contributed by atoms with Gasteiger partial charge in [0, 0.05) is 15.7 Å². The molecule has 0 saturated heterocycles. The summed E-state index contributed by atoms with van der Waals surface area (Å²) in [6, 6.07) is 10.2. The summed E-state index contributed by atoms with van der Waals surface area (Å²) in [6.45, 7) is 2.40. The van der Waals surface area contributed by atoms with Gasteiger partial charge in [-0.15, -0.1) is 0 Å². The maximum absolute atomic E-state index is 13.7. The van der Waals surface area contributed by atoms with Crippen molar-refractivity contribution in [3.63, 3.8) is 0 Å². The number of halogens is 2. The van der Waals surface area contributed by atoms with Crippen molar-refractivity contribution in [2.24, 2.45) is 0 Å². The van der Waals surface area contributed by atoms with Crippen LogP contribution in [0.1, 0.15) is 13.3 Å². The summed E-state index contributed by atoms with van der Waals surface area (Å²) in [5.74, 6) is 0.705. The van der Waals surface area contributed by atoms with Crippen molar-refractivity contribution in [1.82, 2.24) is 0 Å². The molecule has 0 aliphatic carbocycles. The van der Waals surface area contributed by atoms with E-state index in [9.17, 15) is 4.39 Å². The Morgan fingerprint density at radius 1 is 1.15 bits per heavy atom.